The molecule has 1 aromatic carbocycles. The molecule has 1 saturated carbocycles. The Bertz CT molecular complexity index is 604. The van der Waals surface area contributed by atoms with E-state index < -0.39 is 0 Å². The minimum absolute atomic E-state index is 0.928. The fraction of sp³-hybridized carbons (Fsp3) is 0.556. The minimum Gasteiger partial charge on any atom is -0.312 e. The Morgan fingerprint density at radius 1 is 1.33 bits per heavy atom. The Balaban J connectivity index is 1.80. The lowest BCUT2D eigenvalue weighted by Crippen LogP contribution is -2.22. The number of hydrogen-bond donors (Lipinski definition) is 1. The number of nitrogens with zero attached hydrogens (tertiary/aromatic N) is 1. The molecule has 2 atom stereocenters. The van der Waals surface area contributed by atoms with Crippen LogP contribution in [0.3, 0.4) is 0 Å². The van der Waals surface area contributed by atoms with Crippen molar-refractivity contribution in [3.63, 3.8) is 0 Å². The predicted octanol–water partition coefficient (Wildman–Crippen LogP) is 4.10. The van der Waals surface area contributed by atoms with Gasteiger partial charge in [0.2, 0.25) is 0 Å². The third-order valence-corrected chi connectivity index (χ3v) is 5.78. The van der Waals surface area contributed by atoms with Gasteiger partial charge in [-0.15, -0.1) is 11.3 Å². The van der Waals surface area contributed by atoms with E-state index in [4.69, 9.17) is 0 Å². The monoisotopic (exact) mass is 302 g/mol. The second-order valence-electron chi connectivity index (χ2n) is 6.45. The number of thiophene rings is 1. The van der Waals surface area contributed by atoms with Crippen LogP contribution in [0.4, 0.5) is 0 Å². The zero-order valence-corrected chi connectivity index (χ0v) is 14.2. The molecular formula is C18H26N2S. The highest BCUT2D eigenvalue weighted by Gasteiger charge is 2.33. The van der Waals surface area contributed by atoms with Crippen LogP contribution in [-0.4, -0.2) is 25.0 Å². The van der Waals surface area contributed by atoms with Gasteiger partial charge in [0.1, 0.15) is 0 Å². The molecule has 2 unspecified atom stereocenters. The van der Waals surface area contributed by atoms with Crippen molar-refractivity contribution in [2.45, 2.75) is 33.4 Å². The van der Waals surface area contributed by atoms with Crippen molar-refractivity contribution in [3.05, 3.63) is 34.7 Å². The Hall–Kier alpha value is -0.900. The van der Waals surface area contributed by atoms with Crippen LogP contribution in [0.2, 0.25) is 0 Å². The highest BCUT2D eigenvalue weighted by Crippen LogP contribution is 2.39. The van der Waals surface area contributed by atoms with Gasteiger partial charge in [-0.25, -0.2) is 0 Å². The molecule has 1 heterocycles. The second kappa shape index (κ2) is 6.47. The molecule has 0 amide bonds. The molecule has 0 saturated heterocycles. The summed E-state index contributed by atoms with van der Waals surface area (Å²) in [6.07, 6.45) is 1.42. The summed E-state index contributed by atoms with van der Waals surface area (Å²) in [7, 11) is 2.27. The van der Waals surface area contributed by atoms with E-state index in [1.54, 1.807) is 0 Å². The van der Waals surface area contributed by atoms with Gasteiger partial charge in [0.15, 0.2) is 0 Å². The van der Waals surface area contributed by atoms with Crippen LogP contribution in [0.15, 0.2) is 24.3 Å². The molecule has 2 nitrogen and oxygen atoms in total. The number of fused-ring (bicyclic) bond motifs is 1. The Morgan fingerprint density at radius 2 is 2.10 bits per heavy atom. The molecule has 1 fully saturated rings. The summed E-state index contributed by atoms with van der Waals surface area (Å²) in [6, 6.07) is 8.85. The van der Waals surface area contributed by atoms with Crippen LogP contribution >= 0.6 is 11.3 Å². The van der Waals surface area contributed by atoms with Gasteiger partial charge >= 0.3 is 0 Å². The lowest BCUT2D eigenvalue weighted by Gasteiger charge is -2.17. The molecule has 0 radical (unpaired) electrons. The zero-order chi connectivity index (χ0) is 14.8. The van der Waals surface area contributed by atoms with E-state index in [0.717, 1.165) is 31.5 Å². The zero-order valence-electron chi connectivity index (χ0n) is 13.4. The fourth-order valence-corrected chi connectivity index (χ4v) is 4.28. The van der Waals surface area contributed by atoms with E-state index in [-0.39, 0.29) is 0 Å². The maximum atomic E-state index is 3.49. The minimum atomic E-state index is 0.928. The van der Waals surface area contributed by atoms with Gasteiger partial charge in [0.05, 0.1) is 0 Å². The summed E-state index contributed by atoms with van der Waals surface area (Å²) in [5.74, 6) is 1.87. The standard InChI is InChI=1S/C18H26N2S/c1-4-19-10-18-16(12-20(3)11-14-9-13(14)2)15-7-5-6-8-17(15)21-18/h5-8,13-14,19H,4,9-12H2,1-3H3. The van der Waals surface area contributed by atoms with E-state index in [9.17, 15) is 0 Å². The molecule has 3 heteroatoms. The summed E-state index contributed by atoms with van der Waals surface area (Å²) < 4.78 is 1.42. The van der Waals surface area contributed by atoms with Crippen molar-refractivity contribution < 1.29 is 0 Å². The van der Waals surface area contributed by atoms with Crippen LogP contribution in [0, 0.1) is 11.8 Å². The normalized spacial score (nSPS) is 21.3. The van der Waals surface area contributed by atoms with E-state index in [1.807, 2.05) is 11.3 Å². The van der Waals surface area contributed by atoms with Crippen LogP contribution in [0.5, 0.6) is 0 Å². The highest BCUT2D eigenvalue weighted by molar-refractivity contribution is 7.19. The van der Waals surface area contributed by atoms with Gasteiger partial charge in [0.25, 0.3) is 0 Å². The molecule has 0 aliphatic heterocycles. The Kier molecular flexibility index (Phi) is 4.63. The third-order valence-electron chi connectivity index (χ3n) is 4.57. The molecule has 2 aromatic rings. The molecule has 0 bridgehead atoms. The largest absolute Gasteiger partial charge is 0.312 e. The third kappa shape index (κ3) is 3.47. The van der Waals surface area contributed by atoms with Gasteiger partial charge in [-0.3, -0.25) is 0 Å². The van der Waals surface area contributed by atoms with Crippen molar-refractivity contribution in [3.8, 4) is 0 Å². The first-order chi connectivity index (χ1) is 10.2. The van der Waals surface area contributed by atoms with E-state index in [0.29, 0.717) is 0 Å². The van der Waals surface area contributed by atoms with E-state index in [2.05, 4.69) is 55.4 Å². The smallest absolute Gasteiger partial charge is 0.0349 e. The first kappa shape index (κ1) is 15.0. The SMILES string of the molecule is CCNCc1sc2ccccc2c1CN(C)CC1CC1C. The number of benzene rings is 1. The van der Waals surface area contributed by atoms with Gasteiger partial charge in [-0.2, -0.15) is 0 Å². The molecule has 0 spiro atoms. The first-order valence-electron chi connectivity index (χ1n) is 8.07. The van der Waals surface area contributed by atoms with Crippen LogP contribution in [0.25, 0.3) is 10.1 Å². The Labute approximate surface area is 132 Å². The molecule has 21 heavy (non-hydrogen) atoms. The summed E-state index contributed by atoms with van der Waals surface area (Å²) >= 11 is 1.95. The fourth-order valence-electron chi connectivity index (χ4n) is 3.09. The number of nitrogens with one attached hydrogen (secondary N) is 1. The summed E-state index contributed by atoms with van der Waals surface area (Å²) in [6.45, 7) is 8.89. The lowest BCUT2D eigenvalue weighted by molar-refractivity contribution is 0.308. The molecule has 114 valence electrons. The summed E-state index contributed by atoms with van der Waals surface area (Å²) in [4.78, 5) is 4.02. The molecule has 1 aromatic heterocycles. The van der Waals surface area contributed by atoms with E-state index in [1.165, 1.54) is 33.5 Å². The molecule has 3 rings (SSSR count). The average Bonchev–Trinajstić information content (AvgIpc) is 3.05. The Morgan fingerprint density at radius 3 is 2.81 bits per heavy atom. The molecule has 1 aliphatic rings. The number of rotatable bonds is 7. The van der Waals surface area contributed by atoms with E-state index >= 15 is 0 Å². The van der Waals surface area contributed by atoms with Gasteiger partial charge in [-0.1, -0.05) is 32.0 Å². The summed E-state index contributed by atoms with van der Waals surface area (Å²) in [5, 5.41) is 4.94. The van der Waals surface area contributed by atoms with Crippen molar-refractivity contribution in [2.75, 3.05) is 20.1 Å². The topological polar surface area (TPSA) is 15.3 Å². The average molecular weight is 302 g/mol. The number of hydrogen-bond acceptors (Lipinski definition) is 3. The van der Waals surface area contributed by atoms with Crippen LogP contribution < -0.4 is 5.32 Å². The van der Waals surface area contributed by atoms with Gasteiger partial charge in [0, 0.05) is 29.2 Å². The maximum absolute atomic E-state index is 3.49. The van der Waals surface area contributed by atoms with Crippen molar-refractivity contribution in [1.29, 1.82) is 0 Å². The second-order valence-corrected chi connectivity index (χ2v) is 7.59. The van der Waals surface area contributed by atoms with Crippen LogP contribution in [0.1, 0.15) is 30.7 Å². The predicted molar refractivity (Wildman–Crippen MR) is 92.8 cm³/mol. The lowest BCUT2D eigenvalue weighted by atomic mass is 10.1. The highest BCUT2D eigenvalue weighted by atomic mass is 32.1. The van der Waals surface area contributed by atoms with Crippen molar-refractivity contribution >= 4 is 21.4 Å². The molecule has 1 N–H and O–H groups in total. The molecule has 1 aliphatic carbocycles. The quantitative estimate of drug-likeness (QED) is 0.828. The summed E-state index contributed by atoms with van der Waals surface area (Å²) in [5.41, 5.74) is 1.53. The first-order valence-corrected chi connectivity index (χ1v) is 8.89. The van der Waals surface area contributed by atoms with Gasteiger partial charge in [-0.05, 0) is 48.9 Å². The van der Waals surface area contributed by atoms with Crippen molar-refractivity contribution in [2.24, 2.45) is 11.8 Å². The maximum Gasteiger partial charge on any atom is 0.0349 e. The molecular weight excluding hydrogens is 276 g/mol. The van der Waals surface area contributed by atoms with Crippen LogP contribution in [-0.2, 0) is 13.1 Å². The van der Waals surface area contributed by atoms with Crippen molar-refractivity contribution in [1.82, 2.24) is 10.2 Å². The van der Waals surface area contributed by atoms with Gasteiger partial charge < -0.3 is 10.2 Å².